The molecular weight excluding hydrogens is 288 g/mol. The van der Waals surface area contributed by atoms with Crippen molar-refractivity contribution >= 4 is 0 Å². The summed E-state index contributed by atoms with van der Waals surface area (Å²) in [5, 5.41) is 0. The molecule has 0 saturated heterocycles. The van der Waals surface area contributed by atoms with Gasteiger partial charge < -0.3 is 0 Å². The lowest BCUT2D eigenvalue weighted by atomic mass is 9.70. The normalized spacial score (nSPS) is 19.8. The zero-order chi connectivity index (χ0) is 18.7. The van der Waals surface area contributed by atoms with Crippen LogP contribution < -0.4 is 0 Å². The van der Waals surface area contributed by atoms with Gasteiger partial charge in [0.05, 0.1) is 0 Å². The third-order valence-corrected chi connectivity index (χ3v) is 6.93. The Morgan fingerprint density at radius 3 is 1.58 bits per heavy atom. The second-order valence-corrected chi connectivity index (χ2v) is 9.23. The first-order chi connectivity index (χ1) is 11.3. The quantitative estimate of drug-likeness (QED) is 0.297. The summed E-state index contributed by atoms with van der Waals surface area (Å²) in [5.74, 6) is 6.26. The number of rotatable bonds is 14. The molecule has 0 saturated carbocycles. The average molecular weight is 339 g/mol. The molecule has 146 valence electrons. The van der Waals surface area contributed by atoms with E-state index in [0.29, 0.717) is 0 Å². The van der Waals surface area contributed by atoms with Crippen LogP contribution in [0.5, 0.6) is 0 Å². The Labute approximate surface area is 155 Å². The van der Waals surface area contributed by atoms with E-state index in [1.54, 1.807) is 0 Å². The third kappa shape index (κ3) is 8.39. The maximum absolute atomic E-state index is 2.53. The predicted octanol–water partition coefficient (Wildman–Crippen LogP) is 8.60. The van der Waals surface area contributed by atoms with Gasteiger partial charge in [-0.05, 0) is 54.3 Å². The highest BCUT2D eigenvalue weighted by Gasteiger charge is 2.28. The minimum absolute atomic E-state index is 0.817. The van der Waals surface area contributed by atoms with Crippen LogP contribution in [-0.4, -0.2) is 0 Å². The van der Waals surface area contributed by atoms with Gasteiger partial charge in [0, 0.05) is 0 Å². The molecule has 0 aromatic rings. The molecule has 0 amide bonds. The molecule has 0 fully saturated rings. The summed E-state index contributed by atoms with van der Waals surface area (Å²) < 4.78 is 0. The molecule has 0 aliphatic rings. The Balaban J connectivity index is 4.79. The van der Waals surface area contributed by atoms with Crippen LogP contribution in [0, 0.1) is 41.4 Å². The lowest BCUT2D eigenvalue weighted by molar-refractivity contribution is 0.143. The smallest absolute Gasteiger partial charge is 0.0360 e. The predicted molar refractivity (Wildman–Crippen MR) is 112 cm³/mol. The van der Waals surface area contributed by atoms with E-state index < -0.39 is 0 Å². The van der Waals surface area contributed by atoms with Crippen LogP contribution in [0.4, 0.5) is 0 Å². The second kappa shape index (κ2) is 13.2. The molecule has 6 atom stereocenters. The summed E-state index contributed by atoms with van der Waals surface area (Å²) in [6, 6.07) is 0. The first kappa shape index (κ1) is 24.0. The molecule has 0 spiro atoms. The van der Waals surface area contributed by atoms with E-state index in [1.165, 1.54) is 51.4 Å². The van der Waals surface area contributed by atoms with Gasteiger partial charge in [0.1, 0.15) is 0 Å². The summed E-state index contributed by atoms with van der Waals surface area (Å²) in [4.78, 5) is 0. The summed E-state index contributed by atoms with van der Waals surface area (Å²) in [6.45, 7) is 21.9. The van der Waals surface area contributed by atoms with Gasteiger partial charge in [0.2, 0.25) is 0 Å². The van der Waals surface area contributed by atoms with Crippen molar-refractivity contribution in [2.75, 3.05) is 0 Å². The largest absolute Gasteiger partial charge is 0.0654 e. The molecule has 0 aromatic heterocycles. The monoisotopic (exact) mass is 338 g/mol. The zero-order valence-electron chi connectivity index (χ0n) is 18.7. The lowest BCUT2D eigenvalue weighted by Crippen LogP contribution is -2.27. The van der Waals surface area contributed by atoms with Gasteiger partial charge in [-0.2, -0.15) is 0 Å². The molecule has 24 heavy (non-hydrogen) atoms. The van der Waals surface area contributed by atoms with Crippen molar-refractivity contribution in [3.8, 4) is 0 Å². The van der Waals surface area contributed by atoms with Gasteiger partial charge in [-0.1, -0.05) is 101 Å². The van der Waals surface area contributed by atoms with Gasteiger partial charge >= 0.3 is 0 Å². The zero-order valence-corrected chi connectivity index (χ0v) is 18.7. The Kier molecular flexibility index (Phi) is 13.2. The van der Waals surface area contributed by atoms with Crippen molar-refractivity contribution in [2.24, 2.45) is 41.4 Å². The Bertz CT molecular complexity index is 280. The Hall–Kier alpha value is 0. The third-order valence-electron chi connectivity index (χ3n) is 6.93. The highest BCUT2D eigenvalue weighted by molar-refractivity contribution is 4.78. The highest BCUT2D eigenvalue weighted by atomic mass is 14.3. The molecular formula is C24H50. The molecule has 0 heteroatoms. The SMILES string of the molecule is CCCC(CC)C(C)CC(C)CC(CCC)C(CC)C(C)C(C)C. The van der Waals surface area contributed by atoms with E-state index in [-0.39, 0.29) is 0 Å². The van der Waals surface area contributed by atoms with Crippen molar-refractivity contribution in [1.82, 2.24) is 0 Å². The summed E-state index contributed by atoms with van der Waals surface area (Å²) in [6.07, 6.45) is 11.2. The van der Waals surface area contributed by atoms with Crippen LogP contribution >= 0.6 is 0 Å². The van der Waals surface area contributed by atoms with Crippen LogP contribution in [-0.2, 0) is 0 Å². The molecule has 0 heterocycles. The Morgan fingerprint density at radius 1 is 0.625 bits per heavy atom. The molecule has 0 rings (SSSR count). The van der Waals surface area contributed by atoms with E-state index >= 15 is 0 Å². The van der Waals surface area contributed by atoms with Crippen LogP contribution in [0.25, 0.3) is 0 Å². The molecule has 6 unspecified atom stereocenters. The Morgan fingerprint density at radius 2 is 1.17 bits per heavy atom. The fraction of sp³-hybridized carbons (Fsp3) is 1.00. The van der Waals surface area contributed by atoms with E-state index in [2.05, 4.69) is 62.3 Å². The topological polar surface area (TPSA) is 0 Å². The minimum atomic E-state index is 0.817. The van der Waals surface area contributed by atoms with Crippen molar-refractivity contribution in [1.29, 1.82) is 0 Å². The first-order valence-electron chi connectivity index (χ1n) is 11.3. The fourth-order valence-corrected chi connectivity index (χ4v) is 5.21. The first-order valence-corrected chi connectivity index (χ1v) is 11.3. The standard InChI is InChI=1S/C24H50/c1-10-14-22(12-3)20(8)16-19(7)17-23(15-11-2)24(13-4)21(9)18(5)6/h18-24H,10-17H2,1-9H3. The van der Waals surface area contributed by atoms with Crippen LogP contribution in [0.15, 0.2) is 0 Å². The van der Waals surface area contributed by atoms with E-state index in [9.17, 15) is 0 Å². The van der Waals surface area contributed by atoms with Crippen molar-refractivity contribution in [3.05, 3.63) is 0 Å². The van der Waals surface area contributed by atoms with Crippen LogP contribution in [0.2, 0.25) is 0 Å². The van der Waals surface area contributed by atoms with E-state index in [0.717, 1.165) is 41.4 Å². The van der Waals surface area contributed by atoms with Crippen molar-refractivity contribution in [2.45, 2.75) is 114 Å². The molecule has 0 bridgehead atoms. The van der Waals surface area contributed by atoms with Gasteiger partial charge in [-0.25, -0.2) is 0 Å². The van der Waals surface area contributed by atoms with Crippen molar-refractivity contribution in [3.63, 3.8) is 0 Å². The second-order valence-electron chi connectivity index (χ2n) is 9.23. The van der Waals surface area contributed by atoms with Gasteiger partial charge in [-0.3, -0.25) is 0 Å². The number of hydrogen-bond acceptors (Lipinski definition) is 0. The van der Waals surface area contributed by atoms with Gasteiger partial charge in [0.25, 0.3) is 0 Å². The van der Waals surface area contributed by atoms with Crippen LogP contribution in [0.1, 0.15) is 114 Å². The highest BCUT2D eigenvalue weighted by Crippen LogP contribution is 2.38. The van der Waals surface area contributed by atoms with Gasteiger partial charge in [0.15, 0.2) is 0 Å². The summed E-state index contributed by atoms with van der Waals surface area (Å²) in [5.41, 5.74) is 0. The maximum atomic E-state index is 2.53. The average Bonchev–Trinajstić information content (AvgIpc) is 2.52. The molecule has 0 radical (unpaired) electrons. The van der Waals surface area contributed by atoms with E-state index in [4.69, 9.17) is 0 Å². The molecule has 0 aliphatic carbocycles. The summed E-state index contributed by atoms with van der Waals surface area (Å²) in [7, 11) is 0. The summed E-state index contributed by atoms with van der Waals surface area (Å²) >= 11 is 0. The van der Waals surface area contributed by atoms with Crippen molar-refractivity contribution < 1.29 is 0 Å². The molecule has 0 aliphatic heterocycles. The van der Waals surface area contributed by atoms with E-state index in [1.807, 2.05) is 0 Å². The molecule has 0 nitrogen and oxygen atoms in total. The minimum Gasteiger partial charge on any atom is -0.0654 e. The number of hydrogen-bond donors (Lipinski definition) is 0. The molecule has 0 N–H and O–H groups in total. The lowest BCUT2D eigenvalue weighted by Gasteiger charge is -2.36. The molecule has 0 aromatic carbocycles. The fourth-order valence-electron chi connectivity index (χ4n) is 5.21. The van der Waals surface area contributed by atoms with Gasteiger partial charge in [-0.15, -0.1) is 0 Å². The maximum Gasteiger partial charge on any atom is -0.0360 e. The van der Waals surface area contributed by atoms with Crippen LogP contribution in [0.3, 0.4) is 0 Å².